The number of aromatic amines is 1. The molecule has 2 aromatic carbocycles. The van der Waals surface area contributed by atoms with Crippen molar-refractivity contribution in [3.8, 4) is 0 Å². The van der Waals surface area contributed by atoms with Crippen LogP contribution in [0.2, 0.25) is 0 Å². The number of nitrogens with one attached hydrogen (secondary N) is 2. The molecule has 5 heteroatoms. The number of H-pyrrole nitrogens is 1. The molecule has 5 nitrogen and oxygen atoms in total. The van der Waals surface area contributed by atoms with Crippen molar-refractivity contribution in [2.75, 3.05) is 25.5 Å². The summed E-state index contributed by atoms with van der Waals surface area (Å²) in [5.41, 5.74) is 2.96. The van der Waals surface area contributed by atoms with Crippen molar-refractivity contribution in [2.45, 2.75) is 6.42 Å². The van der Waals surface area contributed by atoms with Gasteiger partial charge in [0, 0.05) is 43.0 Å². The van der Waals surface area contributed by atoms with Crippen molar-refractivity contribution in [2.24, 2.45) is 0 Å². The molecule has 0 saturated heterocycles. The molecule has 0 bridgehead atoms. The van der Waals surface area contributed by atoms with E-state index in [1.54, 1.807) is 6.07 Å². The van der Waals surface area contributed by atoms with Gasteiger partial charge in [-0.25, -0.2) is 0 Å². The predicted molar refractivity (Wildman–Crippen MR) is 101 cm³/mol. The first kappa shape index (κ1) is 16.8. The Morgan fingerprint density at radius 1 is 1.08 bits per heavy atom. The Morgan fingerprint density at radius 2 is 1.88 bits per heavy atom. The molecule has 3 aromatic rings. The van der Waals surface area contributed by atoms with E-state index in [4.69, 9.17) is 0 Å². The van der Waals surface area contributed by atoms with Crippen LogP contribution in [-0.2, 0) is 6.42 Å². The minimum atomic E-state index is -0.138. The van der Waals surface area contributed by atoms with Gasteiger partial charge in [-0.2, -0.15) is 0 Å². The summed E-state index contributed by atoms with van der Waals surface area (Å²) in [6.07, 6.45) is 0.485. The summed E-state index contributed by atoms with van der Waals surface area (Å²) < 4.78 is 0. The fourth-order valence-electron chi connectivity index (χ4n) is 2.72. The normalized spacial score (nSPS) is 10.6. The molecule has 1 amide bonds. The van der Waals surface area contributed by atoms with Gasteiger partial charge in [-0.1, -0.05) is 24.3 Å². The number of amides is 1. The number of para-hydroxylation sites is 1. The molecule has 0 radical (unpaired) electrons. The Bertz CT molecular complexity index is 960. The number of hydrogen-bond acceptors (Lipinski definition) is 3. The van der Waals surface area contributed by atoms with Crippen LogP contribution in [0.1, 0.15) is 15.9 Å². The monoisotopic (exact) mass is 335 g/mol. The number of rotatable bonds is 5. The average Bonchev–Trinajstić information content (AvgIpc) is 2.62. The second kappa shape index (κ2) is 7.21. The average molecular weight is 335 g/mol. The zero-order chi connectivity index (χ0) is 17.8. The lowest BCUT2D eigenvalue weighted by molar-refractivity contribution is 0.0954. The maximum Gasteiger partial charge on any atom is 0.251 e. The van der Waals surface area contributed by atoms with Crippen LogP contribution in [0.3, 0.4) is 0 Å². The number of hydrogen-bond donors (Lipinski definition) is 2. The number of carbonyl (C=O) groups is 1. The van der Waals surface area contributed by atoms with E-state index >= 15 is 0 Å². The van der Waals surface area contributed by atoms with Gasteiger partial charge in [-0.3, -0.25) is 9.59 Å². The Morgan fingerprint density at radius 3 is 2.68 bits per heavy atom. The molecule has 3 rings (SSSR count). The Balaban J connectivity index is 1.66. The third-order valence-corrected chi connectivity index (χ3v) is 4.14. The van der Waals surface area contributed by atoms with Crippen LogP contribution in [0, 0.1) is 0 Å². The molecule has 1 aromatic heterocycles. The molecule has 1 heterocycles. The molecule has 0 unspecified atom stereocenters. The lowest BCUT2D eigenvalue weighted by atomic mass is 10.1. The van der Waals surface area contributed by atoms with Crippen molar-refractivity contribution in [3.05, 3.63) is 76.1 Å². The molecule has 0 aliphatic rings. The topological polar surface area (TPSA) is 65.2 Å². The van der Waals surface area contributed by atoms with Crippen molar-refractivity contribution in [1.82, 2.24) is 10.3 Å². The predicted octanol–water partition coefficient (Wildman–Crippen LogP) is 2.57. The van der Waals surface area contributed by atoms with Crippen LogP contribution in [0.5, 0.6) is 0 Å². The molecule has 0 atom stereocenters. The fraction of sp³-hybridized carbons (Fsp3) is 0.200. The van der Waals surface area contributed by atoms with Gasteiger partial charge >= 0.3 is 0 Å². The van der Waals surface area contributed by atoms with Crippen molar-refractivity contribution < 1.29 is 4.79 Å². The fourth-order valence-corrected chi connectivity index (χ4v) is 2.72. The Labute approximate surface area is 146 Å². The summed E-state index contributed by atoms with van der Waals surface area (Å²) in [5, 5.41) is 3.87. The molecular formula is C20H21N3O2. The van der Waals surface area contributed by atoms with E-state index in [9.17, 15) is 9.59 Å². The second-order valence-corrected chi connectivity index (χ2v) is 6.16. The molecular weight excluding hydrogens is 314 g/mol. The van der Waals surface area contributed by atoms with Gasteiger partial charge in [0.2, 0.25) is 0 Å². The molecule has 25 heavy (non-hydrogen) atoms. The Hall–Kier alpha value is -3.08. The highest BCUT2D eigenvalue weighted by atomic mass is 16.1. The molecule has 2 N–H and O–H groups in total. The zero-order valence-electron chi connectivity index (χ0n) is 14.4. The highest BCUT2D eigenvalue weighted by molar-refractivity contribution is 5.95. The minimum Gasteiger partial charge on any atom is -0.378 e. The molecule has 0 fully saturated rings. The van der Waals surface area contributed by atoms with Crippen LogP contribution >= 0.6 is 0 Å². The summed E-state index contributed by atoms with van der Waals surface area (Å²) in [5.74, 6) is -0.138. The largest absolute Gasteiger partial charge is 0.378 e. The quantitative estimate of drug-likeness (QED) is 0.753. The van der Waals surface area contributed by atoms with Crippen molar-refractivity contribution in [1.29, 1.82) is 0 Å². The lowest BCUT2D eigenvalue weighted by Gasteiger charge is -2.13. The Kier molecular flexibility index (Phi) is 4.84. The summed E-state index contributed by atoms with van der Waals surface area (Å²) in [7, 11) is 3.87. The number of aromatic nitrogens is 1. The summed E-state index contributed by atoms with van der Waals surface area (Å²) in [6.45, 7) is 0.409. The first-order chi connectivity index (χ1) is 12.0. The molecule has 0 aliphatic heterocycles. The highest BCUT2D eigenvalue weighted by Crippen LogP contribution is 2.13. The van der Waals surface area contributed by atoms with Crippen LogP contribution in [0.25, 0.3) is 10.9 Å². The van der Waals surface area contributed by atoms with Gasteiger partial charge < -0.3 is 15.2 Å². The third-order valence-electron chi connectivity index (χ3n) is 4.14. The van der Waals surface area contributed by atoms with Gasteiger partial charge in [0.05, 0.1) is 0 Å². The second-order valence-electron chi connectivity index (χ2n) is 6.16. The van der Waals surface area contributed by atoms with Crippen LogP contribution in [0.15, 0.2) is 59.4 Å². The van der Waals surface area contributed by atoms with Crippen molar-refractivity contribution >= 4 is 22.5 Å². The first-order valence-electron chi connectivity index (χ1n) is 8.21. The summed E-state index contributed by atoms with van der Waals surface area (Å²) in [4.78, 5) is 29.2. The zero-order valence-corrected chi connectivity index (χ0v) is 14.4. The van der Waals surface area contributed by atoms with E-state index < -0.39 is 0 Å². The van der Waals surface area contributed by atoms with Gasteiger partial charge in [-0.15, -0.1) is 0 Å². The van der Waals surface area contributed by atoms with Crippen LogP contribution < -0.4 is 15.8 Å². The van der Waals surface area contributed by atoms with Crippen LogP contribution in [-0.4, -0.2) is 31.5 Å². The van der Waals surface area contributed by atoms with E-state index in [1.165, 1.54) is 0 Å². The smallest absolute Gasteiger partial charge is 0.251 e. The molecule has 0 spiro atoms. The van der Waals surface area contributed by atoms with Gasteiger partial charge in [0.1, 0.15) is 0 Å². The van der Waals surface area contributed by atoms with Crippen LogP contribution in [0.4, 0.5) is 5.69 Å². The lowest BCUT2D eigenvalue weighted by Crippen LogP contribution is -2.27. The number of fused-ring (bicyclic) bond motifs is 1. The number of nitrogens with zero attached hydrogens (tertiary/aromatic N) is 1. The van der Waals surface area contributed by atoms with Gasteiger partial charge in [0.15, 0.2) is 0 Å². The van der Waals surface area contributed by atoms with E-state index in [1.807, 2.05) is 67.5 Å². The van der Waals surface area contributed by atoms with Crippen molar-refractivity contribution in [3.63, 3.8) is 0 Å². The third kappa shape index (κ3) is 3.88. The van der Waals surface area contributed by atoms with Gasteiger partial charge in [0.25, 0.3) is 11.5 Å². The number of carbonyl (C=O) groups excluding carboxylic acids is 1. The maximum atomic E-state index is 12.3. The number of benzene rings is 2. The first-order valence-corrected chi connectivity index (χ1v) is 8.21. The summed E-state index contributed by atoms with van der Waals surface area (Å²) in [6, 6.07) is 17.0. The van der Waals surface area contributed by atoms with E-state index in [0.29, 0.717) is 24.1 Å². The SMILES string of the molecule is CN(C)c1cccc(C(=O)NCCc2cc3ccccc3[nH]c2=O)c1. The number of anilines is 1. The molecule has 128 valence electrons. The number of pyridine rings is 1. The highest BCUT2D eigenvalue weighted by Gasteiger charge is 2.08. The molecule has 0 saturated carbocycles. The minimum absolute atomic E-state index is 0.109. The maximum absolute atomic E-state index is 12.3. The standard InChI is InChI=1S/C20H21N3O2/c1-23(2)17-8-5-7-15(13-17)19(24)21-11-10-16-12-14-6-3-4-9-18(14)22-20(16)25/h3-9,12-13H,10-11H2,1-2H3,(H,21,24)(H,22,25). The van der Waals surface area contributed by atoms with E-state index in [-0.39, 0.29) is 11.5 Å². The van der Waals surface area contributed by atoms with E-state index in [0.717, 1.165) is 16.6 Å². The van der Waals surface area contributed by atoms with Gasteiger partial charge in [-0.05, 0) is 42.1 Å². The molecule has 0 aliphatic carbocycles. The summed E-state index contributed by atoms with van der Waals surface area (Å²) >= 11 is 0. The van der Waals surface area contributed by atoms with E-state index in [2.05, 4.69) is 10.3 Å².